The second-order valence-electron chi connectivity index (χ2n) is 7.59. The van der Waals surface area contributed by atoms with Crippen LogP contribution in [0.15, 0.2) is 0 Å². The van der Waals surface area contributed by atoms with E-state index in [-0.39, 0.29) is 5.91 Å². The Balaban J connectivity index is 3.13. The monoisotopic (exact) mass is 369 g/mol. The Morgan fingerprint density at radius 3 is 1.77 bits per heavy atom. The zero-order valence-electron chi connectivity index (χ0n) is 17.6. The van der Waals surface area contributed by atoms with Gasteiger partial charge in [0, 0.05) is 13.0 Å². The van der Waals surface area contributed by atoms with Gasteiger partial charge in [-0.3, -0.25) is 4.79 Å². The standard InChI is InChI=1S/C22H47N3O/c1-2-3-4-5-6-7-8-9-16-21-25-22(26)17-12-10-14-19-24-20-15-11-13-18-23/h24H,2-21,23H2,1H3,(H,25,26). The molecule has 0 saturated carbocycles. The molecule has 0 radical (unpaired) electrons. The first-order chi connectivity index (χ1) is 12.8. The molecule has 0 aromatic rings. The number of rotatable bonds is 21. The fourth-order valence-electron chi connectivity index (χ4n) is 3.16. The first kappa shape index (κ1) is 25.4. The molecule has 1 amide bonds. The van der Waals surface area contributed by atoms with Gasteiger partial charge in [0.25, 0.3) is 0 Å². The Labute approximate surface area is 163 Å². The van der Waals surface area contributed by atoms with Gasteiger partial charge < -0.3 is 16.4 Å². The van der Waals surface area contributed by atoms with Gasteiger partial charge in [-0.05, 0) is 51.7 Å². The zero-order chi connectivity index (χ0) is 19.1. The molecule has 0 aromatic heterocycles. The summed E-state index contributed by atoms with van der Waals surface area (Å²) in [7, 11) is 0. The van der Waals surface area contributed by atoms with Crippen molar-refractivity contribution in [1.82, 2.24) is 10.6 Å². The van der Waals surface area contributed by atoms with Crippen molar-refractivity contribution >= 4 is 5.91 Å². The highest BCUT2D eigenvalue weighted by Gasteiger charge is 2.00. The largest absolute Gasteiger partial charge is 0.356 e. The molecule has 0 heterocycles. The summed E-state index contributed by atoms with van der Waals surface area (Å²) in [6.07, 6.45) is 19.6. The Bertz CT molecular complexity index is 259. The molecule has 26 heavy (non-hydrogen) atoms. The van der Waals surface area contributed by atoms with Crippen LogP contribution in [0.5, 0.6) is 0 Å². The Morgan fingerprint density at radius 2 is 1.15 bits per heavy atom. The number of nitrogens with one attached hydrogen (secondary N) is 2. The minimum absolute atomic E-state index is 0.235. The predicted octanol–water partition coefficient (Wildman–Crippen LogP) is 4.91. The molecule has 0 aliphatic rings. The van der Waals surface area contributed by atoms with Crippen LogP contribution >= 0.6 is 0 Å². The summed E-state index contributed by atoms with van der Waals surface area (Å²) in [5, 5.41) is 6.53. The summed E-state index contributed by atoms with van der Waals surface area (Å²) >= 11 is 0. The summed E-state index contributed by atoms with van der Waals surface area (Å²) in [4.78, 5) is 11.8. The molecule has 4 heteroatoms. The van der Waals surface area contributed by atoms with E-state index in [0.717, 1.165) is 51.9 Å². The summed E-state index contributed by atoms with van der Waals surface area (Å²) in [6, 6.07) is 0. The van der Waals surface area contributed by atoms with Crippen LogP contribution in [0.1, 0.15) is 110 Å². The van der Waals surface area contributed by atoms with Gasteiger partial charge in [-0.15, -0.1) is 0 Å². The molecule has 0 atom stereocenters. The van der Waals surface area contributed by atoms with Gasteiger partial charge in [0.1, 0.15) is 0 Å². The third kappa shape index (κ3) is 21.4. The van der Waals surface area contributed by atoms with Crippen LogP contribution < -0.4 is 16.4 Å². The lowest BCUT2D eigenvalue weighted by Gasteiger charge is -2.06. The van der Waals surface area contributed by atoms with Crippen molar-refractivity contribution in [1.29, 1.82) is 0 Å². The highest BCUT2D eigenvalue weighted by Crippen LogP contribution is 2.09. The van der Waals surface area contributed by atoms with E-state index >= 15 is 0 Å². The van der Waals surface area contributed by atoms with E-state index in [2.05, 4.69) is 17.6 Å². The maximum atomic E-state index is 11.8. The second kappa shape index (κ2) is 22.4. The van der Waals surface area contributed by atoms with E-state index in [1.54, 1.807) is 0 Å². The fraction of sp³-hybridized carbons (Fsp3) is 0.955. The Kier molecular flexibility index (Phi) is 21.9. The third-order valence-electron chi connectivity index (χ3n) is 4.92. The Morgan fingerprint density at radius 1 is 0.654 bits per heavy atom. The minimum atomic E-state index is 0.235. The van der Waals surface area contributed by atoms with Crippen molar-refractivity contribution in [2.75, 3.05) is 26.2 Å². The van der Waals surface area contributed by atoms with Crippen molar-refractivity contribution in [3.05, 3.63) is 0 Å². The van der Waals surface area contributed by atoms with E-state index < -0.39 is 0 Å². The maximum absolute atomic E-state index is 11.8. The van der Waals surface area contributed by atoms with Crippen molar-refractivity contribution in [2.45, 2.75) is 110 Å². The van der Waals surface area contributed by atoms with E-state index in [1.807, 2.05) is 0 Å². The normalized spacial score (nSPS) is 11.0. The highest BCUT2D eigenvalue weighted by molar-refractivity contribution is 5.75. The fourth-order valence-corrected chi connectivity index (χ4v) is 3.16. The van der Waals surface area contributed by atoms with Gasteiger partial charge in [0.2, 0.25) is 5.91 Å². The van der Waals surface area contributed by atoms with Gasteiger partial charge in [0.05, 0.1) is 0 Å². The minimum Gasteiger partial charge on any atom is -0.356 e. The number of carbonyl (C=O) groups is 1. The van der Waals surface area contributed by atoms with E-state index in [1.165, 1.54) is 70.6 Å². The topological polar surface area (TPSA) is 67.2 Å². The van der Waals surface area contributed by atoms with Crippen LogP contribution in [0, 0.1) is 0 Å². The number of nitrogens with two attached hydrogens (primary N) is 1. The molecule has 0 spiro atoms. The molecule has 0 rings (SSSR count). The lowest BCUT2D eigenvalue weighted by atomic mass is 10.1. The predicted molar refractivity (Wildman–Crippen MR) is 114 cm³/mol. The van der Waals surface area contributed by atoms with E-state index in [0.29, 0.717) is 6.42 Å². The number of hydrogen-bond donors (Lipinski definition) is 3. The highest BCUT2D eigenvalue weighted by atomic mass is 16.1. The maximum Gasteiger partial charge on any atom is 0.219 e. The van der Waals surface area contributed by atoms with Crippen molar-refractivity contribution in [2.24, 2.45) is 5.73 Å². The summed E-state index contributed by atoms with van der Waals surface area (Å²) in [6.45, 7) is 6.10. The average Bonchev–Trinajstić information content (AvgIpc) is 2.64. The van der Waals surface area contributed by atoms with Crippen LogP contribution in [-0.2, 0) is 4.79 Å². The van der Waals surface area contributed by atoms with Crippen LogP contribution in [-0.4, -0.2) is 32.1 Å². The van der Waals surface area contributed by atoms with Gasteiger partial charge in [-0.25, -0.2) is 0 Å². The van der Waals surface area contributed by atoms with Gasteiger partial charge in [-0.1, -0.05) is 71.1 Å². The lowest BCUT2D eigenvalue weighted by molar-refractivity contribution is -0.121. The Hall–Kier alpha value is -0.610. The smallest absolute Gasteiger partial charge is 0.219 e. The molecule has 4 nitrogen and oxygen atoms in total. The third-order valence-corrected chi connectivity index (χ3v) is 4.92. The number of amides is 1. The average molecular weight is 370 g/mol. The summed E-state index contributed by atoms with van der Waals surface area (Å²) in [5.41, 5.74) is 5.47. The van der Waals surface area contributed by atoms with Crippen molar-refractivity contribution < 1.29 is 4.79 Å². The van der Waals surface area contributed by atoms with Crippen LogP contribution in [0.25, 0.3) is 0 Å². The molecule has 0 unspecified atom stereocenters. The first-order valence-corrected chi connectivity index (χ1v) is 11.5. The van der Waals surface area contributed by atoms with Crippen molar-refractivity contribution in [3.8, 4) is 0 Å². The molecule has 0 aliphatic carbocycles. The van der Waals surface area contributed by atoms with Gasteiger partial charge >= 0.3 is 0 Å². The number of hydrogen-bond acceptors (Lipinski definition) is 3. The van der Waals surface area contributed by atoms with Gasteiger partial charge in [-0.2, -0.15) is 0 Å². The quantitative estimate of drug-likeness (QED) is 0.252. The molecule has 4 N–H and O–H groups in total. The van der Waals surface area contributed by atoms with E-state index in [4.69, 9.17) is 5.73 Å². The molecule has 0 fully saturated rings. The summed E-state index contributed by atoms with van der Waals surface area (Å²) in [5.74, 6) is 0.235. The van der Waals surface area contributed by atoms with E-state index in [9.17, 15) is 4.79 Å². The SMILES string of the molecule is CCCCCCCCCCCNC(=O)CCCCCNCCCCCN. The molecule has 0 bridgehead atoms. The molecule has 0 saturated heterocycles. The van der Waals surface area contributed by atoms with Gasteiger partial charge in [0.15, 0.2) is 0 Å². The zero-order valence-corrected chi connectivity index (χ0v) is 17.6. The lowest BCUT2D eigenvalue weighted by Crippen LogP contribution is -2.24. The van der Waals surface area contributed by atoms with Crippen LogP contribution in [0.3, 0.4) is 0 Å². The molecular formula is C22H47N3O. The molecule has 0 aromatic carbocycles. The molecular weight excluding hydrogens is 322 g/mol. The molecule has 0 aliphatic heterocycles. The van der Waals surface area contributed by atoms with Crippen molar-refractivity contribution in [3.63, 3.8) is 0 Å². The summed E-state index contributed by atoms with van der Waals surface area (Å²) < 4.78 is 0. The number of unbranched alkanes of at least 4 members (excludes halogenated alkanes) is 12. The first-order valence-electron chi connectivity index (χ1n) is 11.5. The van der Waals surface area contributed by atoms with Crippen LogP contribution in [0.2, 0.25) is 0 Å². The van der Waals surface area contributed by atoms with Crippen LogP contribution in [0.4, 0.5) is 0 Å². The number of carbonyl (C=O) groups excluding carboxylic acids is 1. The second-order valence-corrected chi connectivity index (χ2v) is 7.59. The molecule has 156 valence electrons.